The summed E-state index contributed by atoms with van der Waals surface area (Å²) in [5.41, 5.74) is 3.93. The van der Waals surface area contributed by atoms with E-state index < -0.39 is 33.1 Å². The Balaban J connectivity index is 1.43. The van der Waals surface area contributed by atoms with E-state index in [2.05, 4.69) is 15.0 Å². The molecule has 3 aromatic carbocycles. The first-order valence-corrected chi connectivity index (χ1v) is 15.6. The summed E-state index contributed by atoms with van der Waals surface area (Å²) < 4.78 is 57.0. The maximum Gasteiger partial charge on any atom is 0.264 e. The zero-order chi connectivity index (χ0) is 31.8. The lowest BCUT2D eigenvalue weighted by atomic mass is 9.92. The number of Topliss-reactive ketones (excluding diaryl/α,β-unsaturated/α-hetero) is 1. The number of rotatable bonds is 10. The maximum atomic E-state index is 15.0. The van der Waals surface area contributed by atoms with Crippen LogP contribution >= 0.6 is 0 Å². The van der Waals surface area contributed by atoms with Crippen molar-refractivity contribution < 1.29 is 31.3 Å². The van der Waals surface area contributed by atoms with Gasteiger partial charge in [-0.05, 0) is 85.3 Å². The van der Waals surface area contributed by atoms with Gasteiger partial charge in [0.1, 0.15) is 23.6 Å². The number of nitrogens with zero attached hydrogens (tertiary/aromatic N) is 2. The summed E-state index contributed by atoms with van der Waals surface area (Å²) in [6, 6.07) is 16.0. The number of benzene rings is 3. The molecule has 0 spiro atoms. The van der Waals surface area contributed by atoms with Crippen molar-refractivity contribution in [1.29, 1.82) is 0 Å². The van der Waals surface area contributed by atoms with Crippen LogP contribution < -0.4 is 0 Å². The summed E-state index contributed by atoms with van der Waals surface area (Å²) in [6.45, 7) is 4.86. The van der Waals surface area contributed by atoms with E-state index in [-0.39, 0.29) is 18.6 Å². The number of hydrogen-bond donors (Lipinski definition) is 2. The van der Waals surface area contributed by atoms with Crippen LogP contribution in [-0.4, -0.2) is 47.1 Å². The topological polar surface area (TPSA) is 122 Å². The fourth-order valence-corrected chi connectivity index (χ4v) is 5.41. The highest BCUT2D eigenvalue weighted by Gasteiger charge is 2.22. The Morgan fingerprint density at radius 3 is 2.41 bits per heavy atom. The van der Waals surface area contributed by atoms with E-state index in [4.69, 9.17) is 4.18 Å². The third-order valence-corrected chi connectivity index (χ3v) is 8.04. The molecule has 0 saturated heterocycles. The normalized spacial score (nSPS) is 12.2. The van der Waals surface area contributed by atoms with E-state index >= 15 is 0 Å². The number of hydrogen-bond acceptors (Lipinski definition) is 7. The van der Waals surface area contributed by atoms with Crippen molar-refractivity contribution in [3.63, 3.8) is 0 Å². The van der Waals surface area contributed by atoms with Crippen LogP contribution in [0.25, 0.3) is 33.5 Å². The molecular formula is C33H31F2N3O5S. The van der Waals surface area contributed by atoms with Gasteiger partial charge in [0.2, 0.25) is 0 Å². The van der Waals surface area contributed by atoms with Crippen molar-refractivity contribution in [2.75, 3.05) is 12.9 Å². The number of aromatic amines is 1. The molecule has 5 rings (SSSR count). The molecule has 0 saturated carbocycles. The molecule has 0 aliphatic carbocycles. The van der Waals surface area contributed by atoms with Crippen molar-refractivity contribution in [2.45, 2.75) is 39.2 Å². The molecule has 2 aromatic heterocycles. The zero-order valence-corrected chi connectivity index (χ0v) is 25.4. The second-order valence-corrected chi connectivity index (χ2v) is 12.9. The number of aliphatic hydroxyl groups is 1. The molecule has 8 nitrogen and oxygen atoms in total. The van der Waals surface area contributed by atoms with Gasteiger partial charge in [-0.25, -0.2) is 18.7 Å². The molecule has 0 aliphatic heterocycles. The number of carbonyl (C=O) groups is 1. The van der Waals surface area contributed by atoms with E-state index in [0.717, 1.165) is 29.1 Å². The van der Waals surface area contributed by atoms with Crippen LogP contribution in [0.3, 0.4) is 0 Å². The summed E-state index contributed by atoms with van der Waals surface area (Å²) in [6.07, 6.45) is 2.58. The number of nitrogens with one attached hydrogen (secondary N) is 1. The van der Waals surface area contributed by atoms with Gasteiger partial charge in [-0.2, -0.15) is 8.42 Å². The van der Waals surface area contributed by atoms with Crippen molar-refractivity contribution in [1.82, 2.24) is 15.0 Å². The third-order valence-electron chi connectivity index (χ3n) is 7.44. The van der Waals surface area contributed by atoms with Crippen LogP contribution in [0.1, 0.15) is 46.5 Å². The average Bonchev–Trinajstić information content (AvgIpc) is 3.38. The minimum atomic E-state index is -3.50. The minimum absolute atomic E-state index is 0.0490. The molecule has 11 heteroatoms. The van der Waals surface area contributed by atoms with Gasteiger partial charge in [0.25, 0.3) is 10.1 Å². The second kappa shape index (κ2) is 12.0. The Bertz CT molecular complexity index is 1980. The zero-order valence-electron chi connectivity index (χ0n) is 24.6. The van der Waals surface area contributed by atoms with Crippen LogP contribution in [0, 0.1) is 18.6 Å². The highest BCUT2D eigenvalue weighted by atomic mass is 32.2. The smallest absolute Gasteiger partial charge is 0.264 e. The van der Waals surface area contributed by atoms with Crippen LogP contribution in [0.2, 0.25) is 0 Å². The number of halogens is 2. The fourth-order valence-electron chi connectivity index (χ4n) is 5.03. The average molecular weight is 620 g/mol. The Labute approximate surface area is 253 Å². The van der Waals surface area contributed by atoms with Gasteiger partial charge >= 0.3 is 0 Å². The maximum absolute atomic E-state index is 15.0. The Morgan fingerprint density at radius 1 is 1.02 bits per heavy atom. The first kappa shape index (κ1) is 31.1. The van der Waals surface area contributed by atoms with Crippen LogP contribution in [-0.2, 0) is 32.7 Å². The molecule has 0 radical (unpaired) electrons. The van der Waals surface area contributed by atoms with Gasteiger partial charge in [0.05, 0.1) is 29.7 Å². The first-order valence-electron chi connectivity index (χ1n) is 13.8. The lowest BCUT2D eigenvalue weighted by Gasteiger charge is -2.18. The van der Waals surface area contributed by atoms with Gasteiger partial charge < -0.3 is 10.1 Å². The SMILES string of the molecule is Cc1c(CC(=O)c2ccc(C(C)(C)O)cc2F)cc(F)cc1-c1ncnc2[nH]c(-c3ccc(CCOS(C)(=O)=O)cc3)cc12. The predicted molar refractivity (Wildman–Crippen MR) is 164 cm³/mol. The molecule has 44 heavy (non-hydrogen) atoms. The number of fused-ring (bicyclic) bond motifs is 1. The molecule has 0 unspecified atom stereocenters. The van der Waals surface area contributed by atoms with Crippen molar-refractivity contribution in [2.24, 2.45) is 0 Å². The van der Waals surface area contributed by atoms with Crippen LogP contribution in [0.15, 0.2) is 67.0 Å². The van der Waals surface area contributed by atoms with Crippen molar-refractivity contribution >= 4 is 26.9 Å². The van der Waals surface area contributed by atoms with Gasteiger partial charge in [-0.1, -0.05) is 30.3 Å². The molecule has 0 fully saturated rings. The number of ketones is 1. The van der Waals surface area contributed by atoms with Crippen LogP contribution in [0.4, 0.5) is 8.78 Å². The fraction of sp³-hybridized carbons (Fsp3) is 0.242. The van der Waals surface area contributed by atoms with E-state index in [1.807, 2.05) is 30.3 Å². The van der Waals surface area contributed by atoms with E-state index in [9.17, 15) is 27.1 Å². The summed E-state index contributed by atoms with van der Waals surface area (Å²) in [7, 11) is -3.50. The van der Waals surface area contributed by atoms with Gasteiger partial charge in [0.15, 0.2) is 5.78 Å². The predicted octanol–water partition coefficient (Wildman–Crippen LogP) is 6.05. The summed E-state index contributed by atoms with van der Waals surface area (Å²) >= 11 is 0. The highest BCUT2D eigenvalue weighted by Crippen LogP contribution is 2.34. The quantitative estimate of drug-likeness (QED) is 0.144. The Kier molecular flexibility index (Phi) is 8.48. The molecule has 0 aliphatic rings. The van der Waals surface area contributed by atoms with E-state index in [1.54, 1.807) is 6.92 Å². The van der Waals surface area contributed by atoms with Crippen molar-refractivity contribution in [3.05, 3.63) is 106 Å². The summed E-state index contributed by atoms with van der Waals surface area (Å²) in [4.78, 5) is 25.2. The first-order chi connectivity index (χ1) is 20.7. The van der Waals surface area contributed by atoms with Crippen LogP contribution in [0.5, 0.6) is 0 Å². The van der Waals surface area contributed by atoms with Gasteiger partial charge in [0, 0.05) is 23.1 Å². The Morgan fingerprint density at radius 2 is 1.75 bits per heavy atom. The molecule has 2 N–H and O–H groups in total. The summed E-state index contributed by atoms with van der Waals surface area (Å²) in [5.74, 6) is -1.84. The molecule has 0 bridgehead atoms. The minimum Gasteiger partial charge on any atom is -0.386 e. The molecule has 228 valence electrons. The van der Waals surface area contributed by atoms with E-state index in [0.29, 0.717) is 45.4 Å². The van der Waals surface area contributed by atoms with Gasteiger partial charge in [-0.15, -0.1) is 0 Å². The Hall–Kier alpha value is -4.32. The summed E-state index contributed by atoms with van der Waals surface area (Å²) in [5, 5.41) is 10.8. The largest absolute Gasteiger partial charge is 0.386 e. The van der Waals surface area contributed by atoms with E-state index in [1.165, 1.54) is 44.4 Å². The molecule has 0 amide bonds. The second-order valence-electron chi connectivity index (χ2n) is 11.2. The lowest BCUT2D eigenvalue weighted by molar-refractivity contribution is 0.0780. The number of H-pyrrole nitrogens is 1. The number of carbonyl (C=O) groups excluding carboxylic acids is 1. The molecule has 2 heterocycles. The van der Waals surface area contributed by atoms with Gasteiger partial charge in [-0.3, -0.25) is 8.98 Å². The highest BCUT2D eigenvalue weighted by molar-refractivity contribution is 7.85. The number of aromatic nitrogens is 3. The van der Waals surface area contributed by atoms with Crippen molar-refractivity contribution in [3.8, 4) is 22.5 Å². The molecular weight excluding hydrogens is 588 g/mol. The standard InChI is InChI=1S/C33H31F2N3O5S/c1-19-22(14-30(39)25-10-9-23(15-28(25)35)33(2,3)40)13-24(34)16-26(19)31-27-17-29(38-32(27)37-18-36-31)21-7-5-20(6-8-21)11-12-43-44(4,41)42/h5-10,13,15-18,40H,11-12,14H2,1-4H3,(H,36,37,38). The molecule has 0 atom stereocenters. The lowest BCUT2D eigenvalue weighted by Crippen LogP contribution is -2.17. The molecule has 5 aromatic rings. The third kappa shape index (κ3) is 6.91. The monoisotopic (exact) mass is 619 g/mol.